The zero-order chi connectivity index (χ0) is 29.1. The van der Waals surface area contributed by atoms with Gasteiger partial charge in [-0.1, -0.05) is 24.3 Å². The number of benzene rings is 2. The third-order valence-electron chi connectivity index (χ3n) is 7.95. The number of para-hydroxylation sites is 1. The normalized spacial score (nSPS) is 18.1. The van der Waals surface area contributed by atoms with Crippen molar-refractivity contribution in [2.75, 3.05) is 32.0 Å². The Morgan fingerprint density at radius 3 is 2.52 bits per heavy atom. The number of imidazole rings is 1. The van der Waals surface area contributed by atoms with Gasteiger partial charge in [0.1, 0.15) is 34.5 Å². The summed E-state index contributed by atoms with van der Waals surface area (Å²) in [5, 5.41) is 9.80. The van der Waals surface area contributed by atoms with Gasteiger partial charge in [0.2, 0.25) is 0 Å². The maximum atomic E-state index is 14.1. The van der Waals surface area contributed by atoms with Crippen LogP contribution >= 0.6 is 0 Å². The highest BCUT2D eigenvalue weighted by atomic mass is 16.5. The van der Waals surface area contributed by atoms with Gasteiger partial charge < -0.3 is 20.1 Å². The highest BCUT2D eigenvalue weighted by Gasteiger charge is 2.31. The van der Waals surface area contributed by atoms with E-state index in [0.717, 1.165) is 12.8 Å². The molecule has 2 N–H and O–H groups in total. The van der Waals surface area contributed by atoms with Crippen LogP contribution in [0.2, 0.25) is 0 Å². The lowest BCUT2D eigenvalue weighted by molar-refractivity contribution is -0.128. The average Bonchev–Trinajstić information content (AvgIpc) is 3.33. The van der Waals surface area contributed by atoms with E-state index in [4.69, 9.17) is 15.2 Å². The zero-order valence-electron chi connectivity index (χ0n) is 23.2. The molecule has 4 aromatic rings. The number of nitrogens with two attached hydrogens (primary N) is 1. The molecular formula is C32H32N6O4. The van der Waals surface area contributed by atoms with Crippen molar-refractivity contribution in [1.82, 2.24) is 19.0 Å². The van der Waals surface area contributed by atoms with Crippen LogP contribution in [0.4, 0.5) is 5.82 Å². The molecule has 2 aromatic heterocycles. The van der Waals surface area contributed by atoms with E-state index in [1.165, 1.54) is 0 Å². The molecule has 2 saturated heterocycles. The Kier molecular flexibility index (Phi) is 7.75. The number of carbonyl (C=O) groups excluding carboxylic acids is 1. The van der Waals surface area contributed by atoms with Crippen LogP contribution in [0.3, 0.4) is 0 Å². The minimum Gasteiger partial charge on any atom is -0.457 e. The number of ether oxygens (including phenoxy) is 2. The summed E-state index contributed by atoms with van der Waals surface area (Å²) in [5.41, 5.74) is 8.01. The lowest BCUT2D eigenvalue weighted by Crippen LogP contribution is -2.43. The fourth-order valence-corrected chi connectivity index (χ4v) is 5.86. The average molecular weight is 565 g/mol. The third-order valence-corrected chi connectivity index (χ3v) is 7.95. The number of anilines is 1. The largest absolute Gasteiger partial charge is 0.457 e. The number of fused-ring (bicyclic) bond motifs is 1. The van der Waals surface area contributed by atoms with Crippen molar-refractivity contribution in [2.45, 2.75) is 31.7 Å². The molecule has 1 amide bonds. The SMILES string of the molecule is N#CC(=CC1CCOCC1)C(=O)N1CCC[C@@H](n2c(=O)n(-c3ccc(Oc4ccccc4)cc3)c3c(N)nccc32)C1. The van der Waals surface area contributed by atoms with Crippen molar-refractivity contribution in [1.29, 1.82) is 5.26 Å². The molecule has 0 spiro atoms. The number of nitriles is 1. The molecule has 2 aromatic carbocycles. The van der Waals surface area contributed by atoms with Crippen LogP contribution in [-0.4, -0.2) is 51.2 Å². The first-order valence-electron chi connectivity index (χ1n) is 14.2. The van der Waals surface area contributed by atoms with Gasteiger partial charge in [0, 0.05) is 32.5 Å². The number of allylic oxidation sites excluding steroid dienone is 1. The van der Waals surface area contributed by atoms with Crippen molar-refractivity contribution >= 4 is 22.8 Å². The molecule has 10 nitrogen and oxygen atoms in total. The lowest BCUT2D eigenvalue weighted by Gasteiger charge is -2.33. The molecule has 0 radical (unpaired) electrons. The minimum absolute atomic E-state index is 0.151. The van der Waals surface area contributed by atoms with E-state index in [2.05, 4.69) is 11.1 Å². The van der Waals surface area contributed by atoms with E-state index in [0.29, 0.717) is 67.4 Å². The van der Waals surface area contributed by atoms with Gasteiger partial charge in [0.25, 0.3) is 5.91 Å². The zero-order valence-corrected chi connectivity index (χ0v) is 23.2. The van der Waals surface area contributed by atoms with E-state index in [-0.39, 0.29) is 34.9 Å². The van der Waals surface area contributed by atoms with E-state index in [1.54, 1.807) is 44.5 Å². The maximum absolute atomic E-state index is 14.1. The Hall–Kier alpha value is -4.88. The quantitative estimate of drug-likeness (QED) is 0.268. The topological polar surface area (TPSA) is 128 Å². The Balaban J connectivity index is 1.31. The molecule has 2 aliphatic heterocycles. The smallest absolute Gasteiger partial charge is 0.334 e. The number of piperidine rings is 1. The number of nitrogens with zero attached hydrogens (tertiary/aromatic N) is 5. The summed E-state index contributed by atoms with van der Waals surface area (Å²) in [6.45, 7) is 2.11. The highest BCUT2D eigenvalue weighted by molar-refractivity contribution is 5.97. The second-order valence-electron chi connectivity index (χ2n) is 10.7. The summed E-state index contributed by atoms with van der Waals surface area (Å²) < 4.78 is 14.6. The first-order chi connectivity index (χ1) is 20.5. The molecule has 0 aliphatic carbocycles. The van der Waals surface area contributed by atoms with Crippen LogP contribution in [-0.2, 0) is 9.53 Å². The Bertz CT molecular complexity index is 1710. The van der Waals surface area contributed by atoms with Gasteiger partial charge in [0.15, 0.2) is 0 Å². The second-order valence-corrected chi connectivity index (χ2v) is 10.7. The minimum atomic E-state index is -0.291. The molecule has 2 aliphatic rings. The van der Waals surface area contributed by atoms with Gasteiger partial charge >= 0.3 is 5.69 Å². The molecule has 1 atom stereocenters. The second kappa shape index (κ2) is 11.9. The van der Waals surface area contributed by atoms with Crippen LogP contribution in [0.5, 0.6) is 11.5 Å². The number of hydrogen-bond acceptors (Lipinski definition) is 7. The number of amides is 1. The molecule has 0 bridgehead atoms. The maximum Gasteiger partial charge on any atom is 0.334 e. The van der Waals surface area contributed by atoms with Gasteiger partial charge in [-0.2, -0.15) is 5.26 Å². The Labute approximate surface area is 243 Å². The third kappa shape index (κ3) is 5.39. The van der Waals surface area contributed by atoms with Crippen molar-refractivity contribution in [3.8, 4) is 23.3 Å². The Morgan fingerprint density at radius 2 is 1.79 bits per heavy atom. The molecule has 214 valence electrons. The van der Waals surface area contributed by atoms with Gasteiger partial charge in [-0.05, 0) is 74.1 Å². The summed E-state index contributed by atoms with van der Waals surface area (Å²) in [5.74, 6) is 1.45. The van der Waals surface area contributed by atoms with Crippen molar-refractivity contribution in [2.24, 2.45) is 5.92 Å². The Morgan fingerprint density at radius 1 is 1.05 bits per heavy atom. The number of aromatic nitrogens is 3. The van der Waals surface area contributed by atoms with Gasteiger partial charge in [-0.3, -0.25) is 13.9 Å². The van der Waals surface area contributed by atoms with E-state index in [1.807, 2.05) is 42.5 Å². The molecular weight excluding hydrogens is 532 g/mol. The van der Waals surface area contributed by atoms with E-state index < -0.39 is 0 Å². The molecule has 4 heterocycles. The molecule has 6 rings (SSSR count). The van der Waals surface area contributed by atoms with Crippen LogP contribution in [0, 0.1) is 17.2 Å². The fourth-order valence-electron chi connectivity index (χ4n) is 5.86. The molecule has 2 fully saturated rings. The van der Waals surface area contributed by atoms with Crippen molar-refractivity contribution in [3.05, 3.63) is 89.0 Å². The van der Waals surface area contributed by atoms with Crippen LogP contribution < -0.4 is 16.2 Å². The van der Waals surface area contributed by atoms with Crippen molar-refractivity contribution in [3.63, 3.8) is 0 Å². The van der Waals surface area contributed by atoms with Crippen LogP contribution in [0.1, 0.15) is 31.7 Å². The number of rotatable bonds is 6. The van der Waals surface area contributed by atoms with Gasteiger partial charge in [-0.15, -0.1) is 0 Å². The summed E-state index contributed by atoms with van der Waals surface area (Å²) in [6.07, 6.45) is 6.39. The van der Waals surface area contributed by atoms with Crippen LogP contribution in [0.15, 0.2) is 83.3 Å². The summed E-state index contributed by atoms with van der Waals surface area (Å²) >= 11 is 0. The predicted octanol–water partition coefficient (Wildman–Crippen LogP) is 4.60. The fraction of sp³-hybridized carbons (Fsp3) is 0.312. The molecule has 42 heavy (non-hydrogen) atoms. The number of pyridine rings is 1. The van der Waals surface area contributed by atoms with E-state index >= 15 is 0 Å². The first kappa shape index (κ1) is 27.3. The standard InChI is InChI=1S/C32H32N6O4/c33-20-23(19-22-13-17-41-18-14-22)31(39)36-16-4-5-25(21-36)37-28-12-15-35-30(34)29(28)38(32(37)40)24-8-10-27(11-9-24)42-26-6-2-1-3-7-26/h1-3,6-12,15,19,22,25H,4-5,13-14,16-18,21H2,(H2,34,35)/t25-/m1/s1. The highest BCUT2D eigenvalue weighted by Crippen LogP contribution is 2.30. The summed E-state index contributed by atoms with van der Waals surface area (Å²) in [4.78, 5) is 33.5. The van der Waals surface area contributed by atoms with Gasteiger partial charge in [-0.25, -0.2) is 9.78 Å². The van der Waals surface area contributed by atoms with Crippen LogP contribution in [0.25, 0.3) is 16.7 Å². The number of carbonyl (C=O) groups is 1. The summed E-state index contributed by atoms with van der Waals surface area (Å²) in [7, 11) is 0. The monoisotopic (exact) mass is 564 g/mol. The van der Waals surface area contributed by atoms with Gasteiger partial charge in [0.05, 0.1) is 17.2 Å². The lowest BCUT2D eigenvalue weighted by atomic mass is 9.96. The molecule has 10 heteroatoms. The molecule has 0 saturated carbocycles. The first-order valence-corrected chi connectivity index (χ1v) is 14.2. The molecule has 0 unspecified atom stereocenters. The predicted molar refractivity (Wildman–Crippen MR) is 158 cm³/mol. The number of likely N-dealkylation sites (tertiary alicyclic amines) is 1. The number of nitrogen functional groups attached to an aromatic ring is 1. The summed E-state index contributed by atoms with van der Waals surface area (Å²) in [6, 6.07) is 20.3. The van der Waals surface area contributed by atoms with Crippen molar-refractivity contribution < 1.29 is 14.3 Å². The van der Waals surface area contributed by atoms with E-state index in [9.17, 15) is 14.9 Å². The number of hydrogen-bond donors (Lipinski definition) is 1.